The molecular weight excluding hydrogens is 416 g/mol. The number of hydrogen-bond donors (Lipinski definition) is 1. The van der Waals surface area contributed by atoms with E-state index in [9.17, 15) is 4.79 Å². The van der Waals surface area contributed by atoms with Crippen LogP contribution in [0.1, 0.15) is 39.4 Å². The molecule has 22 heavy (non-hydrogen) atoms. The van der Waals surface area contributed by atoms with Crippen molar-refractivity contribution in [2.24, 2.45) is 0 Å². The predicted octanol–water partition coefficient (Wildman–Crippen LogP) is 4.29. The third-order valence-corrected chi connectivity index (χ3v) is 5.09. The van der Waals surface area contributed by atoms with Gasteiger partial charge in [0.1, 0.15) is 11.4 Å². The van der Waals surface area contributed by atoms with Gasteiger partial charge < -0.3 is 19.4 Å². The molecule has 2 rings (SSSR count). The second kappa shape index (κ2) is 7.36. The molecule has 0 bridgehead atoms. The Morgan fingerprint density at radius 2 is 2.23 bits per heavy atom. The number of hydrogen-bond acceptors (Lipinski definition) is 4. The van der Waals surface area contributed by atoms with Gasteiger partial charge in [-0.2, -0.15) is 0 Å². The van der Waals surface area contributed by atoms with Gasteiger partial charge in [-0.05, 0) is 71.5 Å². The summed E-state index contributed by atoms with van der Waals surface area (Å²) in [6, 6.07) is 2.11. The lowest BCUT2D eigenvalue weighted by Gasteiger charge is -2.28. The van der Waals surface area contributed by atoms with E-state index in [1.807, 2.05) is 31.7 Å². The van der Waals surface area contributed by atoms with Crippen molar-refractivity contribution in [3.63, 3.8) is 0 Å². The van der Waals surface area contributed by atoms with Gasteiger partial charge >= 0.3 is 6.09 Å². The van der Waals surface area contributed by atoms with Gasteiger partial charge in [-0.1, -0.05) is 0 Å². The van der Waals surface area contributed by atoms with Gasteiger partial charge in [-0.3, -0.25) is 0 Å². The van der Waals surface area contributed by atoms with Crippen molar-refractivity contribution in [1.82, 2.24) is 10.2 Å². The number of rotatable bonds is 4. The van der Waals surface area contributed by atoms with Crippen LogP contribution >= 0.6 is 31.9 Å². The van der Waals surface area contributed by atoms with Crippen LogP contribution in [0.2, 0.25) is 0 Å². The Morgan fingerprint density at radius 3 is 2.82 bits per heavy atom. The Kier molecular flexibility index (Phi) is 5.96. The molecule has 1 unspecified atom stereocenters. The number of halogens is 2. The van der Waals surface area contributed by atoms with Gasteiger partial charge in [0, 0.05) is 19.1 Å². The minimum atomic E-state index is -0.454. The molecule has 0 saturated carbocycles. The van der Waals surface area contributed by atoms with Crippen LogP contribution in [0, 0.1) is 0 Å². The molecule has 1 aliphatic rings. The molecule has 0 radical (unpaired) electrons. The first-order chi connectivity index (χ1) is 10.3. The number of carbonyl (C=O) groups excluding carboxylic acids is 1. The fourth-order valence-corrected chi connectivity index (χ4v) is 3.11. The molecule has 1 aromatic heterocycles. The SMILES string of the molecule is CC(C)(C)OC(=O)N1CCCC1CNCc1cc(Br)c(Br)o1. The van der Waals surface area contributed by atoms with Crippen LogP contribution in [0.3, 0.4) is 0 Å². The molecule has 1 amide bonds. The topological polar surface area (TPSA) is 54.7 Å². The van der Waals surface area contributed by atoms with Crippen LogP contribution < -0.4 is 5.32 Å². The van der Waals surface area contributed by atoms with E-state index in [2.05, 4.69) is 37.2 Å². The maximum absolute atomic E-state index is 12.2. The van der Waals surface area contributed by atoms with Gasteiger partial charge in [0.25, 0.3) is 0 Å². The predicted molar refractivity (Wildman–Crippen MR) is 91.8 cm³/mol. The van der Waals surface area contributed by atoms with Crippen LogP contribution in [-0.4, -0.2) is 35.7 Å². The molecule has 2 heterocycles. The smallest absolute Gasteiger partial charge is 0.410 e. The summed E-state index contributed by atoms with van der Waals surface area (Å²) in [5.41, 5.74) is -0.454. The summed E-state index contributed by atoms with van der Waals surface area (Å²) < 4.78 is 12.6. The fraction of sp³-hybridized carbons (Fsp3) is 0.667. The van der Waals surface area contributed by atoms with Crippen LogP contribution in [-0.2, 0) is 11.3 Å². The summed E-state index contributed by atoms with van der Waals surface area (Å²) in [5, 5.41) is 3.35. The molecule has 1 saturated heterocycles. The Labute approximate surface area is 148 Å². The summed E-state index contributed by atoms with van der Waals surface area (Å²) in [6.07, 6.45) is 1.79. The Bertz CT molecular complexity index is 506. The summed E-state index contributed by atoms with van der Waals surface area (Å²) in [5.74, 6) is 0.848. The van der Waals surface area contributed by atoms with Gasteiger partial charge in [0.05, 0.1) is 11.0 Å². The number of likely N-dealkylation sites (tertiary alicyclic amines) is 1. The molecule has 0 spiro atoms. The molecule has 5 nitrogen and oxygen atoms in total. The molecule has 7 heteroatoms. The average Bonchev–Trinajstić information content (AvgIpc) is 2.95. The largest absolute Gasteiger partial charge is 0.452 e. The minimum Gasteiger partial charge on any atom is -0.452 e. The fourth-order valence-electron chi connectivity index (χ4n) is 2.45. The van der Waals surface area contributed by atoms with E-state index in [-0.39, 0.29) is 12.1 Å². The molecule has 124 valence electrons. The van der Waals surface area contributed by atoms with Crippen LogP contribution in [0.4, 0.5) is 4.79 Å². The van der Waals surface area contributed by atoms with Crippen LogP contribution in [0.25, 0.3) is 0 Å². The Morgan fingerprint density at radius 1 is 1.50 bits per heavy atom. The first kappa shape index (κ1) is 17.8. The van der Waals surface area contributed by atoms with Gasteiger partial charge in [-0.15, -0.1) is 0 Å². The normalized spacial score (nSPS) is 18.8. The first-order valence-corrected chi connectivity index (χ1v) is 8.99. The monoisotopic (exact) mass is 436 g/mol. The van der Waals surface area contributed by atoms with E-state index in [1.54, 1.807) is 0 Å². The molecule has 1 aliphatic heterocycles. The second-order valence-corrected chi connectivity index (χ2v) is 8.01. The molecule has 1 aromatic rings. The highest BCUT2D eigenvalue weighted by Gasteiger charge is 2.31. The minimum absolute atomic E-state index is 0.177. The molecule has 0 aliphatic carbocycles. The Balaban J connectivity index is 1.82. The summed E-state index contributed by atoms with van der Waals surface area (Å²) in [6.45, 7) is 7.79. The standard InChI is InChI=1S/C15H22Br2N2O3/c1-15(2,3)22-14(20)19-6-4-5-10(19)8-18-9-11-7-12(16)13(17)21-11/h7,10,18H,4-6,8-9H2,1-3H3. The zero-order valence-corrected chi connectivity index (χ0v) is 16.3. The first-order valence-electron chi connectivity index (χ1n) is 7.40. The lowest BCUT2D eigenvalue weighted by Crippen LogP contribution is -2.43. The van der Waals surface area contributed by atoms with Crippen molar-refractivity contribution in [3.8, 4) is 0 Å². The number of ether oxygens (including phenoxy) is 1. The highest BCUT2D eigenvalue weighted by atomic mass is 79.9. The lowest BCUT2D eigenvalue weighted by atomic mass is 10.2. The van der Waals surface area contributed by atoms with Crippen molar-refractivity contribution in [2.75, 3.05) is 13.1 Å². The van der Waals surface area contributed by atoms with E-state index in [0.717, 1.165) is 36.2 Å². The van der Waals surface area contributed by atoms with E-state index < -0.39 is 5.60 Å². The van der Waals surface area contributed by atoms with Crippen molar-refractivity contribution in [1.29, 1.82) is 0 Å². The number of carbonyl (C=O) groups is 1. The summed E-state index contributed by atoms with van der Waals surface area (Å²) >= 11 is 6.71. The van der Waals surface area contributed by atoms with Crippen molar-refractivity contribution >= 4 is 38.0 Å². The Hall–Kier alpha value is -0.530. The molecule has 1 atom stereocenters. The summed E-state index contributed by atoms with van der Waals surface area (Å²) in [4.78, 5) is 14.0. The number of furan rings is 1. The van der Waals surface area contributed by atoms with Crippen molar-refractivity contribution in [2.45, 2.75) is 51.8 Å². The number of nitrogens with one attached hydrogen (secondary N) is 1. The maximum Gasteiger partial charge on any atom is 0.410 e. The van der Waals surface area contributed by atoms with Gasteiger partial charge in [0.2, 0.25) is 0 Å². The number of nitrogens with zero attached hydrogens (tertiary/aromatic N) is 1. The molecule has 1 fully saturated rings. The molecule has 1 N–H and O–H groups in total. The van der Waals surface area contributed by atoms with Crippen molar-refractivity contribution < 1.29 is 13.9 Å². The zero-order chi connectivity index (χ0) is 16.3. The van der Waals surface area contributed by atoms with Crippen molar-refractivity contribution in [3.05, 3.63) is 21.0 Å². The maximum atomic E-state index is 12.2. The lowest BCUT2D eigenvalue weighted by molar-refractivity contribution is 0.0226. The van der Waals surface area contributed by atoms with E-state index in [4.69, 9.17) is 9.15 Å². The van der Waals surface area contributed by atoms with Crippen LogP contribution in [0.5, 0.6) is 0 Å². The van der Waals surface area contributed by atoms with Crippen LogP contribution in [0.15, 0.2) is 19.6 Å². The quantitative estimate of drug-likeness (QED) is 0.763. The highest BCUT2D eigenvalue weighted by Crippen LogP contribution is 2.26. The zero-order valence-electron chi connectivity index (χ0n) is 13.1. The average molecular weight is 438 g/mol. The summed E-state index contributed by atoms with van der Waals surface area (Å²) in [7, 11) is 0. The highest BCUT2D eigenvalue weighted by molar-refractivity contribution is 9.13. The van der Waals surface area contributed by atoms with Gasteiger partial charge in [0.15, 0.2) is 4.67 Å². The number of amides is 1. The van der Waals surface area contributed by atoms with E-state index in [1.165, 1.54) is 0 Å². The molecular formula is C15H22Br2N2O3. The van der Waals surface area contributed by atoms with E-state index >= 15 is 0 Å². The third kappa shape index (κ3) is 4.99. The van der Waals surface area contributed by atoms with E-state index in [0.29, 0.717) is 11.2 Å². The third-order valence-electron chi connectivity index (χ3n) is 3.38. The molecule has 0 aromatic carbocycles. The van der Waals surface area contributed by atoms with Gasteiger partial charge in [-0.25, -0.2) is 4.79 Å². The second-order valence-electron chi connectivity index (χ2n) is 6.44.